The highest BCUT2D eigenvalue weighted by Crippen LogP contribution is 2.25. The van der Waals surface area contributed by atoms with Gasteiger partial charge in [-0.05, 0) is 50.5 Å². The molecule has 0 radical (unpaired) electrons. The second-order valence-corrected chi connectivity index (χ2v) is 12.2. The third-order valence-corrected chi connectivity index (χ3v) is 8.64. The number of hydrogen-bond acceptors (Lipinski definition) is 7. The van der Waals surface area contributed by atoms with Crippen molar-refractivity contribution in [3.05, 3.63) is 65.5 Å². The Morgan fingerprint density at radius 3 is 2.50 bits per heavy atom. The van der Waals surface area contributed by atoms with Gasteiger partial charge in [-0.1, -0.05) is 36.4 Å². The molecule has 0 aliphatic heterocycles. The minimum atomic E-state index is -3.52. The Hall–Kier alpha value is -2.69. The fraction of sp³-hybridized carbons (Fsp3) is 0.292. The van der Waals surface area contributed by atoms with Gasteiger partial charge in [-0.2, -0.15) is 11.8 Å². The van der Waals surface area contributed by atoms with Crippen LogP contribution in [0.1, 0.15) is 30.6 Å². The molecule has 1 atom stereocenters. The molecule has 0 aliphatic rings. The Morgan fingerprint density at radius 1 is 1.09 bits per heavy atom. The SMILES string of the molecule is CSCCC(NC(=O)c1cccc(S(=O)(=O)C(C)C)c1)C(=O)Nc1nc(-c2ccccc2)cs1. The molecule has 1 heterocycles. The molecule has 0 bridgehead atoms. The van der Waals surface area contributed by atoms with Crippen LogP contribution in [0.25, 0.3) is 11.3 Å². The summed E-state index contributed by atoms with van der Waals surface area (Å²) in [6, 6.07) is 14.7. The summed E-state index contributed by atoms with van der Waals surface area (Å²) in [4.78, 5) is 30.4. The van der Waals surface area contributed by atoms with E-state index in [0.29, 0.717) is 17.3 Å². The molecule has 3 aromatic rings. The van der Waals surface area contributed by atoms with Crippen LogP contribution in [0.4, 0.5) is 5.13 Å². The summed E-state index contributed by atoms with van der Waals surface area (Å²) in [5.41, 5.74) is 1.89. The number of benzene rings is 2. The first-order valence-electron chi connectivity index (χ1n) is 10.7. The molecule has 1 aromatic heterocycles. The summed E-state index contributed by atoms with van der Waals surface area (Å²) in [6.45, 7) is 3.18. The number of nitrogens with one attached hydrogen (secondary N) is 2. The third-order valence-electron chi connectivity index (χ3n) is 5.08. The third kappa shape index (κ3) is 6.46. The summed E-state index contributed by atoms with van der Waals surface area (Å²) in [7, 11) is -3.52. The van der Waals surface area contributed by atoms with Crippen LogP contribution in [0.3, 0.4) is 0 Å². The van der Waals surface area contributed by atoms with Gasteiger partial charge in [0.15, 0.2) is 15.0 Å². The number of anilines is 1. The molecule has 0 saturated heterocycles. The van der Waals surface area contributed by atoms with Crippen molar-refractivity contribution in [2.75, 3.05) is 17.3 Å². The van der Waals surface area contributed by atoms with Gasteiger partial charge in [-0.3, -0.25) is 9.59 Å². The van der Waals surface area contributed by atoms with Crippen molar-refractivity contribution in [3.8, 4) is 11.3 Å². The van der Waals surface area contributed by atoms with E-state index in [9.17, 15) is 18.0 Å². The summed E-state index contributed by atoms with van der Waals surface area (Å²) >= 11 is 2.87. The fourth-order valence-electron chi connectivity index (χ4n) is 3.10. The summed E-state index contributed by atoms with van der Waals surface area (Å²) in [5, 5.41) is 7.25. The van der Waals surface area contributed by atoms with E-state index in [1.54, 1.807) is 25.6 Å². The van der Waals surface area contributed by atoms with Crippen LogP contribution in [0, 0.1) is 0 Å². The van der Waals surface area contributed by atoms with Crippen molar-refractivity contribution >= 4 is 49.9 Å². The van der Waals surface area contributed by atoms with Gasteiger partial charge >= 0.3 is 0 Å². The van der Waals surface area contributed by atoms with E-state index in [-0.39, 0.29) is 16.4 Å². The van der Waals surface area contributed by atoms with Crippen LogP contribution in [-0.2, 0) is 14.6 Å². The minimum Gasteiger partial charge on any atom is -0.340 e. The highest BCUT2D eigenvalue weighted by atomic mass is 32.2. The van der Waals surface area contributed by atoms with E-state index in [4.69, 9.17) is 0 Å². The molecule has 0 spiro atoms. The molecule has 10 heteroatoms. The molecule has 0 aliphatic carbocycles. The van der Waals surface area contributed by atoms with Gasteiger partial charge in [-0.25, -0.2) is 13.4 Å². The number of rotatable bonds is 10. The lowest BCUT2D eigenvalue weighted by Gasteiger charge is -2.18. The first-order chi connectivity index (χ1) is 16.2. The Balaban J connectivity index is 1.74. The topological polar surface area (TPSA) is 105 Å². The second kappa shape index (κ2) is 11.6. The number of amides is 2. The number of hydrogen-bond donors (Lipinski definition) is 2. The Kier molecular flexibility index (Phi) is 8.87. The van der Waals surface area contributed by atoms with Gasteiger partial charge in [-0.15, -0.1) is 11.3 Å². The predicted octanol–water partition coefficient (Wildman–Crippen LogP) is 4.48. The maximum atomic E-state index is 13.0. The molecular formula is C24H27N3O4S3. The molecule has 1 unspecified atom stereocenters. The van der Waals surface area contributed by atoms with Gasteiger partial charge in [0.25, 0.3) is 5.91 Å². The zero-order valence-electron chi connectivity index (χ0n) is 19.1. The van der Waals surface area contributed by atoms with Crippen molar-refractivity contribution in [3.63, 3.8) is 0 Å². The summed E-state index contributed by atoms with van der Waals surface area (Å²) < 4.78 is 25.0. The molecule has 2 aromatic carbocycles. The molecule has 7 nitrogen and oxygen atoms in total. The highest BCUT2D eigenvalue weighted by molar-refractivity contribution is 7.98. The van der Waals surface area contributed by atoms with E-state index < -0.39 is 27.0 Å². The molecule has 2 amide bonds. The normalized spacial score (nSPS) is 12.4. The molecule has 2 N–H and O–H groups in total. The molecule has 3 rings (SSSR count). The van der Waals surface area contributed by atoms with E-state index in [1.165, 1.54) is 35.6 Å². The van der Waals surface area contributed by atoms with Gasteiger partial charge in [0.05, 0.1) is 15.8 Å². The van der Waals surface area contributed by atoms with Gasteiger partial charge in [0.1, 0.15) is 6.04 Å². The lowest BCUT2D eigenvalue weighted by atomic mass is 10.1. The zero-order chi connectivity index (χ0) is 24.7. The molecule has 34 heavy (non-hydrogen) atoms. The largest absolute Gasteiger partial charge is 0.340 e. The van der Waals surface area contributed by atoms with Crippen LogP contribution in [0.5, 0.6) is 0 Å². The Labute approximate surface area is 208 Å². The fourth-order valence-corrected chi connectivity index (χ4v) is 5.40. The van der Waals surface area contributed by atoms with E-state index in [1.807, 2.05) is 42.0 Å². The summed E-state index contributed by atoms with van der Waals surface area (Å²) in [6.07, 6.45) is 2.34. The smallest absolute Gasteiger partial charge is 0.251 e. The number of aromatic nitrogens is 1. The van der Waals surface area contributed by atoms with Crippen LogP contribution >= 0.6 is 23.1 Å². The first kappa shape index (κ1) is 25.9. The van der Waals surface area contributed by atoms with Crippen LogP contribution < -0.4 is 10.6 Å². The van der Waals surface area contributed by atoms with E-state index >= 15 is 0 Å². The first-order valence-corrected chi connectivity index (χ1v) is 14.5. The number of thiazole rings is 1. The monoisotopic (exact) mass is 517 g/mol. The molecule has 180 valence electrons. The number of carbonyl (C=O) groups is 2. The molecule has 0 saturated carbocycles. The minimum absolute atomic E-state index is 0.0801. The van der Waals surface area contributed by atoms with Gasteiger partial charge in [0, 0.05) is 16.5 Å². The standard InChI is InChI=1S/C24H27N3O4S3/c1-16(2)34(30,31)19-11-7-10-18(14-19)22(28)25-20(12-13-32-3)23(29)27-24-26-21(15-33-24)17-8-5-4-6-9-17/h4-11,14-16,20H,12-13H2,1-3H3,(H,25,28)(H,26,27,29). The van der Waals surface area contributed by atoms with Crippen LogP contribution in [0.15, 0.2) is 64.9 Å². The van der Waals surface area contributed by atoms with Crippen molar-refractivity contribution < 1.29 is 18.0 Å². The van der Waals surface area contributed by atoms with Gasteiger partial charge < -0.3 is 10.6 Å². The lowest BCUT2D eigenvalue weighted by Crippen LogP contribution is -2.44. The van der Waals surface area contributed by atoms with Crippen molar-refractivity contribution in [1.82, 2.24) is 10.3 Å². The van der Waals surface area contributed by atoms with E-state index in [0.717, 1.165) is 11.3 Å². The molecular weight excluding hydrogens is 490 g/mol. The maximum absolute atomic E-state index is 13.0. The van der Waals surface area contributed by atoms with Gasteiger partial charge in [0.2, 0.25) is 5.91 Å². The summed E-state index contributed by atoms with van der Waals surface area (Å²) in [5.74, 6) is -0.221. The zero-order valence-corrected chi connectivity index (χ0v) is 21.6. The van der Waals surface area contributed by atoms with Crippen LogP contribution in [-0.4, -0.2) is 48.5 Å². The predicted molar refractivity (Wildman–Crippen MR) is 139 cm³/mol. The van der Waals surface area contributed by atoms with Crippen LogP contribution in [0.2, 0.25) is 0 Å². The van der Waals surface area contributed by atoms with E-state index in [2.05, 4.69) is 15.6 Å². The highest BCUT2D eigenvalue weighted by Gasteiger charge is 2.24. The average molecular weight is 518 g/mol. The second-order valence-electron chi connectivity index (χ2n) is 7.82. The van der Waals surface area contributed by atoms with Crippen molar-refractivity contribution in [1.29, 1.82) is 0 Å². The number of thioether (sulfide) groups is 1. The number of sulfone groups is 1. The molecule has 0 fully saturated rings. The Morgan fingerprint density at radius 2 is 1.82 bits per heavy atom. The van der Waals surface area contributed by atoms with Crippen molar-refractivity contribution in [2.45, 2.75) is 36.5 Å². The number of carbonyl (C=O) groups excluding carboxylic acids is 2. The van der Waals surface area contributed by atoms with Crippen molar-refractivity contribution in [2.24, 2.45) is 0 Å². The Bertz CT molecular complexity index is 1240. The maximum Gasteiger partial charge on any atom is 0.251 e. The quantitative estimate of drug-likeness (QED) is 0.411. The lowest BCUT2D eigenvalue weighted by molar-refractivity contribution is -0.118. The number of nitrogens with zero attached hydrogens (tertiary/aromatic N) is 1. The average Bonchev–Trinajstić information content (AvgIpc) is 3.30.